The van der Waals surface area contributed by atoms with Gasteiger partial charge in [0.2, 0.25) is 5.79 Å². The molecule has 16 nitrogen and oxygen atoms in total. The number of allylic oxidation sites excluding steroid dienone is 7. The van der Waals surface area contributed by atoms with E-state index in [0.717, 1.165) is 16.9 Å². The third-order valence-electron chi connectivity index (χ3n) is 14.8. The molecule has 0 aromatic rings. The number of aliphatic hydroxyl groups is 3. The first-order valence-corrected chi connectivity index (χ1v) is 27.3. The van der Waals surface area contributed by atoms with Crippen LogP contribution < -0.4 is 0 Å². The van der Waals surface area contributed by atoms with Crippen molar-refractivity contribution < 1.29 is 71.4 Å². The van der Waals surface area contributed by atoms with Crippen LogP contribution >= 0.6 is 0 Å². The minimum Gasteiger partial charge on any atom is -0.460 e. The molecule has 2 aliphatic heterocycles. The molecule has 3 rings (SSSR count). The number of Topliss-reactive ketones (excluding diaryl/α,β-unsaturated/α-hetero) is 3. The van der Waals surface area contributed by atoms with E-state index in [0.29, 0.717) is 69.8 Å². The smallest absolute Gasteiger partial charge is 0.328 e. The number of hydrogen-bond donors (Lipinski definition) is 3. The first-order valence-electron chi connectivity index (χ1n) is 25.2. The van der Waals surface area contributed by atoms with Gasteiger partial charge in [0.1, 0.15) is 40.0 Å². The van der Waals surface area contributed by atoms with Gasteiger partial charge in [-0.05, 0) is 115 Å². The molecule has 0 radical (unpaired) electrons. The second kappa shape index (κ2) is 28.7. The molecule has 2 bridgehead atoms. The molecule has 7 unspecified atom stereocenters. The van der Waals surface area contributed by atoms with Crippen molar-refractivity contribution in [2.75, 3.05) is 46.5 Å². The molecule has 3 N–H and O–H groups in total. The topological polar surface area (TPSA) is 230 Å². The molecule has 17 heteroatoms. The van der Waals surface area contributed by atoms with Crippen molar-refractivity contribution in [3.8, 4) is 0 Å². The highest BCUT2D eigenvalue weighted by molar-refractivity contribution is 7.90. The second-order valence-corrected chi connectivity index (χ2v) is 22.7. The Morgan fingerprint density at radius 3 is 2.26 bits per heavy atom. The van der Waals surface area contributed by atoms with Crippen LogP contribution in [0.5, 0.6) is 0 Å². The fourth-order valence-electron chi connectivity index (χ4n) is 9.79. The number of esters is 1. The average molecular weight is 1010 g/mol. The number of fused-ring (bicyclic) bond motifs is 2. The molecule has 1 aliphatic carbocycles. The van der Waals surface area contributed by atoms with Crippen LogP contribution in [-0.2, 0) is 57.5 Å². The summed E-state index contributed by atoms with van der Waals surface area (Å²) in [5.74, 6) is -8.75. The quantitative estimate of drug-likeness (QED) is 0.0903. The van der Waals surface area contributed by atoms with E-state index in [4.69, 9.17) is 23.7 Å². The van der Waals surface area contributed by atoms with Crippen molar-refractivity contribution in [1.29, 1.82) is 0 Å². The minimum atomic E-state index is -3.12. The predicted octanol–water partition coefficient (Wildman–Crippen LogP) is 5.84. The highest BCUT2D eigenvalue weighted by Crippen LogP contribution is 2.38. The van der Waals surface area contributed by atoms with Gasteiger partial charge in [-0.15, -0.1) is 0 Å². The van der Waals surface area contributed by atoms with Crippen molar-refractivity contribution in [3.63, 3.8) is 0 Å². The molecule has 1 saturated carbocycles. The number of rotatable bonds is 12. The van der Waals surface area contributed by atoms with Crippen LogP contribution in [0.15, 0.2) is 47.6 Å². The molecule has 14 atom stereocenters. The fourth-order valence-corrected chi connectivity index (χ4v) is 10.4. The summed E-state index contributed by atoms with van der Waals surface area (Å²) in [6.45, 7) is 12.1. The fraction of sp³-hybridized carbons (Fsp3) is 0.755. The summed E-state index contributed by atoms with van der Waals surface area (Å²) in [5.41, 5.74) is 1.30. The highest BCUT2D eigenvalue weighted by atomic mass is 32.2. The molecule has 3 aliphatic rings. The number of methoxy groups -OCH3 is 2. The number of likely N-dealkylation sites (N-methyl/N-ethyl adjacent to an activating group) is 1. The molecule has 70 heavy (non-hydrogen) atoms. The zero-order valence-electron chi connectivity index (χ0n) is 43.7. The van der Waals surface area contributed by atoms with Crippen LogP contribution in [0.3, 0.4) is 0 Å². The van der Waals surface area contributed by atoms with Crippen LogP contribution in [-0.4, -0.2) is 153 Å². The molecule has 2 heterocycles. The Kier molecular flexibility index (Phi) is 25.0. The number of carbonyl (C=O) groups is 5. The van der Waals surface area contributed by atoms with Crippen molar-refractivity contribution in [3.05, 3.63) is 47.6 Å². The molecule has 0 aromatic heterocycles. The lowest BCUT2D eigenvalue weighted by molar-refractivity contribution is -0.264. The molecular weight excluding hydrogens is 923 g/mol. The summed E-state index contributed by atoms with van der Waals surface area (Å²) >= 11 is 0. The van der Waals surface area contributed by atoms with Gasteiger partial charge in [0.05, 0.1) is 24.1 Å². The van der Waals surface area contributed by atoms with E-state index in [2.05, 4.69) is 0 Å². The van der Waals surface area contributed by atoms with E-state index >= 15 is 0 Å². The van der Waals surface area contributed by atoms with Crippen LogP contribution in [0.2, 0.25) is 0 Å². The first-order chi connectivity index (χ1) is 32.9. The number of sulfone groups is 1. The van der Waals surface area contributed by atoms with Gasteiger partial charge < -0.3 is 43.9 Å². The maximum absolute atomic E-state index is 14.1. The Balaban J connectivity index is 1.97. The monoisotopic (exact) mass is 1010 g/mol. The Bertz CT molecular complexity index is 1980. The van der Waals surface area contributed by atoms with Gasteiger partial charge in [-0.25, -0.2) is 13.2 Å². The lowest BCUT2D eigenvalue weighted by Gasteiger charge is -2.42. The second-order valence-electron chi connectivity index (χ2n) is 20.4. The Morgan fingerprint density at radius 1 is 0.914 bits per heavy atom. The summed E-state index contributed by atoms with van der Waals surface area (Å²) < 4.78 is 52.9. The number of cyclic esters (lactones) is 1. The zero-order valence-corrected chi connectivity index (χ0v) is 44.5. The number of ketones is 3. The van der Waals surface area contributed by atoms with Gasteiger partial charge in [-0.1, -0.05) is 69.7 Å². The van der Waals surface area contributed by atoms with Crippen molar-refractivity contribution in [1.82, 2.24) is 4.90 Å². The first kappa shape index (κ1) is 60.9. The molecule has 0 aromatic carbocycles. The van der Waals surface area contributed by atoms with Crippen molar-refractivity contribution in [2.45, 2.75) is 174 Å². The van der Waals surface area contributed by atoms with E-state index in [-0.39, 0.29) is 61.0 Å². The SMILES string of the molecule is COC1C(=O)C(C)CC/C=C/C=C/C=C(\C)C(CCO)C[C@H]2CC[C@H](C)[C@](O)(O2)C(=O)C(=O)N(C)C(C)C(=O)OC([C@H](C)C[C@@H]2CC[C@@H](OCCCS(C)(=O)=O)[C@H](OC)C2)CC(=O)C(C)/C=C(\C)C1O. The van der Waals surface area contributed by atoms with Crippen molar-refractivity contribution in [2.24, 2.45) is 35.5 Å². The Hall–Kier alpha value is -3.42. The van der Waals surface area contributed by atoms with Crippen LogP contribution in [0.25, 0.3) is 0 Å². The molecular formula is C53H85NO15S. The lowest BCUT2D eigenvalue weighted by atomic mass is 9.78. The third kappa shape index (κ3) is 18.0. The van der Waals surface area contributed by atoms with E-state index in [1.54, 1.807) is 40.9 Å². The van der Waals surface area contributed by atoms with E-state index in [9.17, 15) is 47.7 Å². The summed E-state index contributed by atoms with van der Waals surface area (Å²) in [4.78, 5) is 70.7. The highest BCUT2D eigenvalue weighted by Gasteiger charge is 2.52. The van der Waals surface area contributed by atoms with E-state index in [1.807, 2.05) is 44.2 Å². The maximum Gasteiger partial charge on any atom is 0.328 e. The van der Waals surface area contributed by atoms with Gasteiger partial charge in [0.25, 0.3) is 11.7 Å². The minimum absolute atomic E-state index is 0.0221. The van der Waals surface area contributed by atoms with E-state index in [1.165, 1.54) is 27.3 Å². The number of nitrogens with zero attached hydrogens (tertiary/aromatic N) is 1. The molecule has 1 saturated heterocycles. The summed E-state index contributed by atoms with van der Waals surface area (Å²) in [6.07, 6.45) is 13.0. The van der Waals surface area contributed by atoms with Gasteiger partial charge in [0, 0.05) is 64.9 Å². The van der Waals surface area contributed by atoms with Gasteiger partial charge >= 0.3 is 5.97 Å². The number of ether oxygens (including phenoxy) is 5. The van der Waals surface area contributed by atoms with Gasteiger partial charge in [-0.3, -0.25) is 19.2 Å². The summed E-state index contributed by atoms with van der Waals surface area (Å²) in [6, 6.07) is -1.33. The van der Waals surface area contributed by atoms with Crippen LogP contribution in [0.4, 0.5) is 0 Å². The molecule has 2 fully saturated rings. The molecule has 1 amide bonds. The normalized spacial score (nSPS) is 36.6. The lowest BCUT2D eigenvalue weighted by Crippen LogP contribution is -2.59. The number of amides is 1. The van der Waals surface area contributed by atoms with Crippen LogP contribution in [0.1, 0.15) is 126 Å². The number of hydrogen-bond acceptors (Lipinski definition) is 15. The van der Waals surface area contributed by atoms with E-state index < -0.39 is 87.4 Å². The number of carbonyl (C=O) groups excluding carboxylic acids is 5. The average Bonchev–Trinajstić information content (AvgIpc) is 3.31. The zero-order chi connectivity index (χ0) is 52.5. The standard InChI is InChI=1S/C53H85NO15S/c1-33-18-15-13-12-14-16-19-34(2)47(57)49(66-10)48(58)37(5)28-35(3)43(56)32-45(36(4)29-40-21-23-44(46(30-40)65-9)67-26-17-27-70(11,63)64)68-52(61)39(7)54(8)51(60)50(59)53(62)38(6)20-22-42(69-53)31-41(33)24-25-55/h12-15,18,28,34-36,38-42,44-46,48-49,55,58,62H,16-17,19-27,29-32H2,1-11H3/b14-12+,15-13+,33-18+,37-28+/t34?,35?,36-,38+,39?,40+,41?,42-,44-,45?,46-,48?,49?,53+/m1/s1. The molecule has 398 valence electrons. The summed E-state index contributed by atoms with van der Waals surface area (Å²) in [5, 5.41) is 33.2. The maximum atomic E-state index is 14.1. The molecule has 0 spiro atoms. The van der Waals surface area contributed by atoms with Crippen molar-refractivity contribution >= 4 is 39.1 Å². The Labute approximate surface area is 417 Å². The van der Waals surface area contributed by atoms with Gasteiger partial charge in [0.15, 0.2) is 5.78 Å². The largest absolute Gasteiger partial charge is 0.460 e. The third-order valence-corrected chi connectivity index (χ3v) is 15.8. The summed E-state index contributed by atoms with van der Waals surface area (Å²) in [7, 11) is 1.10. The number of aliphatic hydroxyl groups excluding tert-OH is 2. The Morgan fingerprint density at radius 2 is 1.61 bits per heavy atom. The van der Waals surface area contributed by atoms with Crippen LogP contribution in [0, 0.1) is 35.5 Å². The predicted molar refractivity (Wildman–Crippen MR) is 266 cm³/mol. The van der Waals surface area contributed by atoms with Gasteiger partial charge in [-0.2, -0.15) is 0 Å².